The highest BCUT2D eigenvalue weighted by molar-refractivity contribution is 5.33. The van der Waals surface area contributed by atoms with Crippen LogP contribution in [0.2, 0.25) is 0 Å². The molecule has 0 aliphatic carbocycles. The number of rotatable bonds is 6. The highest BCUT2D eigenvalue weighted by Gasteiger charge is 2.05. The molecular formula is C18H24N2O. The van der Waals surface area contributed by atoms with E-state index in [-0.39, 0.29) is 0 Å². The first-order chi connectivity index (χ1) is 10.1. The van der Waals surface area contributed by atoms with Crippen LogP contribution in [0.3, 0.4) is 0 Å². The molecule has 0 spiro atoms. The minimum atomic E-state index is 0.584. The summed E-state index contributed by atoms with van der Waals surface area (Å²) in [5.74, 6) is 2.05. The Hall–Kier alpha value is -1.87. The van der Waals surface area contributed by atoms with Gasteiger partial charge in [0.15, 0.2) is 0 Å². The molecule has 0 aliphatic heterocycles. The molecule has 3 heteroatoms. The molecule has 2 aromatic rings. The Balaban J connectivity index is 2.09. The van der Waals surface area contributed by atoms with Crippen LogP contribution in [0.4, 0.5) is 0 Å². The summed E-state index contributed by atoms with van der Waals surface area (Å²) in [6.07, 6.45) is 1.15. The molecule has 1 atom stereocenters. The predicted octanol–water partition coefficient (Wildman–Crippen LogP) is 4.42. The number of nitrogens with one attached hydrogen (secondary N) is 1. The summed E-state index contributed by atoms with van der Waals surface area (Å²) in [5.41, 5.74) is 3.54. The average molecular weight is 284 g/mol. The van der Waals surface area contributed by atoms with Gasteiger partial charge in [-0.25, -0.2) is 4.98 Å². The summed E-state index contributed by atoms with van der Waals surface area (Å²) in [4.78, 5) is 4.50. The van der Waals surface area contributed by atoms with E-state index in [1.807, 2.05) is 32.2 Å². The van der Waals surface area contributed by atoms with Gasteiger partial charge in [0.25, 0.3) is 0 Å². The Morgan fingerprint density at radius 2 is 1.86 bits per heavy atom. The van der Waals surface area contributed by atoms with Crippen molar-refractivity contribution in [3.63, 3.8) is 0 Å². The van der Waals surface area contributed by atoms with Gasteiger partial charge < -0.3 is 10.1 Å². The summed E-state index contributed by atoms with van der Waals surface area (Å²) in [5, 5.41) is 3.14. The third-order valence-corrected chi connectivity index (χ3v) is 3.82. The van der Waals surface area contributed by atoms with E-state index in [9.17, 15) is 0 Å². The van der Waals surface area contributed by atoms with E-state index >= 15 is 0 Å². The van der Waals surface area contributed by atoms with Crippen molar-refractivity contribution in [2.45, 2.75) is 39.7 Å². The Labute approximate surface area is 127 Å². The first-order valence-corrected chi connectivity index (χ1v) is 7.53. The van der Waals surface area contributed by atoms with Gasteiger partial charge in [-0.2, -0.15) is 0 Å². The third-order valence-electron chi connectivity index (χ3n) is 3.82. The second-order valence-corrected chi connectivity index (χ2v) is 5.40. The van der Waals surface area contributed by atoms with Crippen molar-refractivity contribution in [2.75, 3.05) is 7.05 Å². The van der Waals surface area contributed by atoms with Gasteiger partial charge in [-0.15, -0.1) is 0 Å². The lowest BCUT2D eigenvalue weighted by atomic mass is 9.99. The van der Waals surface area contributed by atoms with Crippen LogP contribution in [-0.4, -0.2) is 12.0 Å². The van der Waals surface area contributed by atoms with Gasteiger partial charge in [-0.05, 0) is 49.6 Å². The molecule has 0 saturated heterocycles. The van der Waals surface area contributed by atoms with Gasteiger partial charge in [-0.1, -0.05) is 32.0 Å². The largest absolute Gasteiger partial charge is 0.439 e. The molecule has 0 bridgehead atoms. The monoisotopic (exact) mass is 284 g/mol. The summed E-state index contributed by atoms with van der Waals surface area (Å²) in [7, 11) is 1.93. The summed E-state index contributed by atoms with van der Waals surface area (Å²) >= 11 is 0. The van der Waals surface area contributed by atoms with Crippen LogP contribution < -0.4 is 10.1 Å². The fourth-order valence-corrected chi connectivity index (χ4v) is 2.22. The van der Waals surface area contributed by atoms with Crippen molar-refractivity contribution in [1.29, 1.82) is 0 Å². The lowest BCUT2D eigenvalue weighted by molar-refractivity contribution is 0.460. The highest BCUT2D eigenvalue weighted by Crippen LogP contribution is 2.25. The summed E-state index contributed by atoms with van der Waals surface area (Å²) in [6.45, 7) is 7.27. The molecule has 0 aliphatic rings. The number of aromatic nitrogens is 1. The lowest BCUT2D eigenvalue weighted by Gasteiger charge is -2.11. The van der Waals surface area contributed by atoms with Gasteiger partial charge in [0.05, 0.1) is 0 Å². The molecule has 1 N–H and O–H groups in total. The van der Waals surface area contributed by atoms with E-state index in [1.165, 1.54) is 11.1 Å². The van der Waals surface area contributed by atoms with Crippen molar-refractivity contribution in [3.05, 3.63) is 53.2 Å². The van der Waals surface area contributed by atoms with E-state index in [0.717, 1.165) is 24.4 Å². The quantitative estimate of drug-likeness (QED) is 0.853. The molecule has 112 valence electrons. The molecule has 21 heavy (non-hydrogen) atoms. The van der Waals surface area contributed by atoms with Gasteiger partial charge in [0.2, 0.25) is 5.88 Å². The molecule has 0 radical (unpaired) electrons. The number of benzene rings is 1. The SMILES string of the molecule is CCC(C)c1ccc(Oc2ccc(CNC)c(C)n2)cc1. The number of aryl methyl sites for hydroxylation is 1. The van der Waals surface area contributed by atoms with Crippen LogP contribution in [-0.2, 0) is 6.54 Å². The Morgan fingerprint density at radius 1 is 1.14 bits per heavy atom. The van der Waals surface area contributed by atoms with Crippen LogP contribution in [0.5, 0.6) is 11.6 Å². The van der Waals surface area contributed by atoms with Gasteiger partial charge >= 0.3 is 0 Å². The maximum absolute atomic E-state index is 5.83. The lowest BCUT2D eigenvalue weighted by Crippen LogP contribution is -2.07. The summed E-state index contributed by atoms with van der Waals surface area (Å²) < 4.78 is 5.83. The molecule has 0 fully saturated rings. The van der Waals surface area contributed by atoms with Crippen LogP contribution in [0.15, 0.2) is 36.4 Å². The van der Waals surface area contributed by atoms with E-state index in [1.54, 1.807) is 0 Å². The molecule has 2 rings (SSSR count). The van der Waals surface area contributed by atoms with Crippen LogP contribution >= 0.6 is 0 Å². The van der Waals surface area contributed by atoms with E-state index in [2.05, 4.69) is 42.3 Å². The standard InChI is InChI=1S/C18H24N2O/c1-5-13(2)15-6-9-17(10-7-15)21-18-11-8-16(12-19-4)14(3)20-18/h6-11,13,19H,5,12H2,1-4H3. The maximum Gasteiger partial charge on any atom is 0.219 e. The van der Waals surface area contributed by atoms with Crippen molar-refractivity contribution in [1.82, 2.24) is 10.3 Å². The maximum atomic E-state index is 5.83. The molecule has 1 heterocycles. The molecular weight excluding hydrogens is 260 g/mol. The second kappa shape index (κ2) is 7.23. The molecule has 3 nitrogen and oxygen atoms in total. The minimum absolute atomic E-state index is 0.584. The first-order valence-electron chi connectivity index (χ1n) is 7.53. The molecule has 1 unspecified atom stereocenters. The number of pyridine rings is 1. The van der Waals surface area contributed by atoms with Gasteiger partial charge in [0, 0.05) is 18.3 Å². The number of hydrogen-bond donors (Lipinski definition) is 1. The zero-order valence-electron chi connectivity index (χ0n) is 13.3. The molecule has 0 amide bonds. The predicted molar refractivity (Wildman–Crippen MR) is 87.0 cm³/mol. The van der Waals surface area contributed by atoms with E-state index < -0.39 is 0 Å². The second-order valence-electron chi connectivity index (χ2n) is 5.40. The van der Waals surface area contributed by atoms with Crippen molar-refractivity contribution >= 4 is 0 Å². The Kier molecular flexibility index (Phi) is 5.34. The van der Waals surface area contributed by atoms with Gasteiger partial charge in [-0.3, -0.25) is 0 Å². The Morgan fingerprint density at radius 3 is 2.43 bits per heavy atom. The van der Waals surface area contributed by atoms with Crippen molar-refractivity contribution < 1.29 is 4.74 Å². The zero-order valence-corrected chi connectivity index (χ0v) is 13.3. The van der Waals surface area contributed by atoms with Crippen molar-refractivity contribution in [3.8, 4) is 11.6 Å². The fourth-order valence-electron chi connectivity index (χ4n) is 2.22. The first kappa shape index (κ1) is 15.5. The fraction of sp³-hybridized carbons (Fsp3) is 0.389. The minimum Gasteiger partial charge on any atom is -0.439 e. The van der Waals surface area contributed by atoms with Gasteiger partial charge in [0.1, 0.15) is 5.75 Å². The number of hydrogen-bond acceptors (Lipinski definition) is 3. The smallest absolute Gasteiger partial charge is 0.219 e. The van der Waals surface area contributed by atoms with E-state index in [4.69, 9.17) is 4.74 Å². The summed E-state index contributed by atoms with van der Waals surface area (Å²) in [6, 6.07) is 12.3. The molecule has 1 aromatic heterocycles. The third kappa shape index (κ3) is 4.05. The number of ether oxygens (including phenoxy) is 1. The topological polar surface area (TPSA) is 34.1 Å². The van der Waals surface area contributed by atoms with Crippen LogP contribution in [0, 0.1) is 6.92 Å². The zero-order chi connectivity index (χ0) is 15.2. The highest BCUT2D eigenvalue weighted by atomic mass is 16.5. The van der Waals surface area contributed by atoms with Crippen LogP contribution in [0.25, 0.3) is 0 Å². The Bertz CT molecular complexity index is 578. The number of nitrogens with zero attached hydrogens (tertiary/aromatic N) is 1. The normalized spacial score (nSPS) is 12.2. The molecule has 0 saturated carbocycles. The average Bonchev–Trinajstić information content (AvgIpc) is 2.50. The van der Waals surface area contributed by atoms with Crippen molar-refractivity contribution in [2.24, 2.45) is 0 Å². The molecule has 1 aromatic carbocycles. The van der Waals surface area contributed by atoms with Crippen LogP contribution in [0.1, 0.15) is 43.0 Å². The van der Waals surface area contributed by atoms with E-state index in [0.29, 0.717) is 11.8 Å².